The van der Waals surface area contributed by atoms with Crippen LogP contribution in [0.5, 0.6) is 0 Å². The van der Waals surface area contributed by atoms with Crippen LogP contribution in [0.3, 0.4) is 0 Å². The summed E-state index contributed by atoms with van der Waals surface area (Å²) >= 11 is 0. The molecule has 0 spiro atoms. The normalized spacial score (nSPS) is 18.7. The Bertz CT molecular complexity index is 1220. The first-order chi connectivity index (χ1) is 37.8. The van der Waals surface area contributed by atoms with Gasteiger partial charge in [-0.25, -0.2) is 0 Å². The van der Waals surface area contributed by atoms with Crippen LogP contribution in [0.2, 0.25) is 0 Å². The van der Waals surface area contributed by atoms with Crippen molar-refractivity contribution in [3.8, 4) is 0 Å². The number of allylic oxidation sites excluding steroid dienone is 1. The molecule has 7 atom stereocenters. The minimum Gasteiger partial charge on any atom is -0.394 e. The van der Waals surface area contributed by atoms with E-state index < -0.39 is 49.5 Å². The summed E-state index contributed by atoms with van der Waals surface area (Å²) in [6, 6.07) is -0.802. The third-order valence-electron chi connectivity index (χ3n) is 16.9. The standard InChI is InChI=1S/C68H133NO8/c1-3-5-7-9-11-13-15-17-19-21-23-25-27-29-31-32-33-35-37-39-41-43-45-47-49-51-53-55-57-62(71)61(60-76-68-67(75)66(74)65(73)63(59-70)77-68)69-64(72)58-56-54-52-50-48-46-44-42-40-38-36-34-30-28-26-24-22-20-18-16-14-12-10-8-6-4-2/h55,57,61-63,65-68,70-71,73-75H,3-54,56,58-60H2,1-2H3,(H,69,72)/b57-55+. The monoisotopic (exact) mass is 1090 g/mol. The minimum absolute atomic E-state index is 0.167. The molecule has 1 amide bonds. The van der Waals surface area contributed by atoms with E-state index in [0.717, 1.165) is 38.5 Å². The smallest absolute Gasteiger partial charge is 0.220 e. The first-order valence-electron chi connectivity index (χ1n) is 34.4. The summed E-state index contributed by atoms with van der Waals surface area (Å²) in [7, 11) is 0. The lowest BCUT2D eigenvalue weighted by Crippen LogP contribution is -2.60. The maximum absolute atomic E-state index is 13.1. The molecule has 1 aliphatic heterocycles. The van der Waals surface area contributed by atoms with Gasteiger partial charge < -0.3 is 40.3 Å². The lowest BCUT2D eigenvalue weighted by molar-refractivity contribution is -0.302. The molecule has 7 unspecified atom stereocenters. The van der Waals surface area contributed by atoms with Gasteiger partial charge in [0.1, 0.15) is 24.4 Å². The van der Waals surface area contributed by atoms with Crippen LogP contribution >= 0.6 is 0 Å². The molecule has 0 aliphatic carbocycles. The molecule has 1 aliphatic rings. The molecule has 458 valence electrons. The highest BCUT2D eigenvalue weighted by molar-refractivity contribution is 5.76. The van der Waals surface area contributed by atoms with Crippen LogP contribution in [-0.4, -0.2) is 87.5 Å². The number of aliphatic hydroxyl groups is 5. The van der Waals surface area contributed by atoms with Crippen molar-refractivity contribution in [1.29, 1.82) is 0 Å². The van der Waals surface area contributed by atoms with Gasteiger partial charge in [-0.3, -0.25) is 4.79 Å². The van der Waals surface area contributed by atoms with Crippen molar-refractivity contribution in [2.75, 3.05) is 13.2 Å². The maximum Gasteiger partial charge on any atom is 0.220 e. The van der Waals surface area contributed by atoms with Crippen molar-refractivity contribution in [2.45, 2.75) is 403 Å². The van der Waals surface area contributed by atoms with Crippen molar-refractivity contribution in [1.82, 2.24) is 5.32 Å². The van der Waals surface area contributed by atoms with E-state index in [1.807, 2.05) is 6.08 Å². The molecule has 0 saturated carbocycles. The fourth-order valence-electron chi connectivity index (χ4n) is 11.5. The predicted octanol–water partition coefficient (Wildman–Crippen LogP) is 18.3. The van der Waals surface area contributed by atoms with Gasteiger partial charge in [0.05, 0.1) is 25.4 Å². The lowest BCUT2D eigenvalue weighted by atomic mass is 9.99. The van der Waals surface area contributed by atoms with E-state index >= 15 is 0 Å². The maximum atomic E-state index is 13.1. The Balaban J connectivity index is 2.13. The van der Waals surface area contributed by atoms with Gasteiger partial charge in [0.25, 0.3) is 0 Å². The summed E-state index contributed by atoms with van der Waals surface area (Å²) in [5.74, 6) is -0.167. The van der Waals surface area contributed by atoms with Crippen LogP contribution in [0.4, 0.5) is 0 Å². The molecular formula is C68H133NO8. The van der Waals surface area contributed by atoms with Crippen molar-refractivity contribution < 1.29 is 39.8 Å². The highest BCUT2D eigenvalue weighted by Crippen LogP contribution is 2.24. The third kappa shape index (κ3) is 47.2. The quantitative estimate of drug-likeness (QED) is 0.0261. The van der Waals surface area contributed by atoms with E-state index in [1.165, 1.54) is 302 Å². The summed E-state index contributed by atoms with van der Waals surface area (Å²) in [5, 5.41) is 54.8. The zero-order chi connectivity index (χ0) is 55.8. The molecule has 9 nitrogen and oxygen atoms in total. The fourth-order valence-corrected chi connectivity index (χ4v) is 11.5. The second-order valence-corrected chi connectivity index (χ2v) is 24.3. The molecule has 0 aromatic heterocycles. The van der Waals surface area contributed by atoms with Crippen molar-refractivity contribution >= 4 is 5.91 Å². The average molecular weight is 1090 g/mol. The van der Waals surface area contributed by atoms with Gasteiger partial charge in [-0.1, -0.05) is 347 Å². The number of carbonyl (C=O) groups excluding carboxylic acids is 1. The Morgan fingerprint density at radius 3 is 1.01 bits per heavy atom. The van der Waals surface area contributed by atoms with E-state index in [1.54, 1.807) is 6.08 Å². The molecular weight excluding hydrogens is 959 g/mol. The average Bonchev–Trinajstić information content (AvgIpc) is 3.43. The Hall–Kier alpha value is -1.07. The van der Waals surface area contributed by atoms with Crippen LogP contribution in [0.1, 0.15) is 361 Å². The molecule has 0 bridgehead atoms. The Kier molecular flexibility index (Phi) is 55.8. The number of aliphatic hydroxyl groups excluding tert-OH is 5. The first kappa shape index (κ1) is 73.9. The van der Waals surface area contributed by atoms with Gasteiger partial charge in [-0.05, 0) is 19.3 Å². The zero-order valence-corrected chi connectivity index (χ0v) is 51.3. The Morgan fingerprint density at radius 2 is 0.714 bits per heavy atom. The molecule has 0 aromatic rings. The van der Waals surface area contributed by atoms with Gasteiger partial charge in [-0.2, -0.15) is 0 Å². The van der Waals surface area contributed by atoms with Gasteiger partial charge in [0.2, 0.25) is 5.91 Å². The number of unbranched alkanes of at least 4 members (excludes halogenated alkanes) is 51. The Labute approximate surface area is 477 Å². The van der Waals surface area contributed by atoms with Crippen LogP contribution in [0.25, 0.3) is 0 Å². The molecule has 0 radical (unpaired) electrons. The number of nitrogens with one attached hydrogen (secondary N) is 1. The predicted molar refractivity (Wildman–Crippen MR) is 327 cm³/mol. The third-order valence-corrected chi connectivity index (χ3v) is 16.9. The second kappa shape index (κ2) is 58.1. The molecule has 1 heterocycles. The number of hydrogen-bond acceptors (Lipinski definition) is 8. The van der Waals surface area contributed by atoms with Crippen LogP contribution < -0.4 is 5.32 Å². The number of amides is 1. The summed E-state index contributed by atoms with van der Waals surface area (Å²) < 4.78 is 11.3. The molecule has 6 N–H and O–H groups in total. The second-order valence-electron chi connectivity index (χ2n) is 24.3. The fraction of sp³-hybridized carbons (Fsp3) is 0.956. The topological polar surface area (TPSA) is 149 Å². The van der Waals surface area contributed by atoms with E-state index in [9.17, 15) is 30.3 Å². The summed E-state index contributed by atoms with van der Waals surface area (Å²) in [6.45, 7) is 3.85. The van der Waals surface area contributed by atoms with Crippen molar-refractivity contribution in [2.24, 2.45) is 0 Å². The molecule has 1 fully saturated rings. The summed E-state index contributed by atoms with van der Waals surface area (Å²) in [6.07, 6.45) is 67.4. The molecule has 77 heavy (non-hydrogen) atoms. The van der Waals surface area contributed by atoms with Crippen molar-refractivity contribution in [3.63, 3.8) is 0 Å². The lowest BCUT2D eigenvalue weighted by Gasteiger charge is -2.40. The van der Waals surface area contributed by atoms with Gasteiger partial charge in [0.15, 0.2) is 6.29 Å². The number of hydrogen-bond donors (Lipinski definition) is 6. The summed E-state index contributed by atoms with van der Waals surface area (Å²) in [5.41, 5.74) is 0. The van der Waals surface area contributed by atoms with E-state index in [2.05, 4.69) is 19.2 Å². The number of ether oxygens (including phenoxy) is 2. The Morgan fingerprint density at radius 1 is 0.429 bits per heavy atom. The molecule has 9 heteroatoms. The van der Waals surface area contributed by atoms with E-state index in [0.29, 0.717) is 6.42 Å². The highest BCUT2D eigenvalue weighted by atomic mass is 16.7. The van der Waals surface area contributed by atoms with Gasteiger partial charge >= 0.3 is 0 Å². The van der Waals surface area contributed by atoms with E-state index in [-0.39, 0.29) is 12.5 Å². The molecule has 1 saturated heterocycles. The van der Waals surface area contributed by atoms with Crippen molar-refractivity contribution in [3.05, 3.63) is 12.2 Å². The van der Waals surface area contributed by atoms with Crippen LogP contribution in [0, 0.1) is 0 Å². The number of rotatable bonds is 61. The van der Waals surface area contributed by atoms with Crippen LogP contribution in [0.15, 0.2) is 12.2 Å². The number of carbonyl (C=O) groups is 1. The minimum atomic E-state index is -1.56. The zero-order valence-electron chi connectivity index (χ0n) is 51.3. The van der Waals surface area contributed by atoms with Gasteiger partial charge in [-0.15, -0.1) is 0 Å². The highest BCUT2D eigenvalue weighted by Gasteiger charge is 2.44. The SMILES string of the molecule is CCCCCCCCCCCCCCCCCCCCCCCCCCCC/C=C/C(O)C(COC1OC(CO)C(O)C(O)C1O)NC(=O)CCCCCCCCCCCCCCCCCCCCCCCCCCCC. The van der Waals surface area contributed by atoms with E-state index in [4.69, 9.17) is 9.47 Å². The largest absolute Gasteiger partial charge is 0.394 e. The van der Waals surface area contributed by atoms with Crippen LogP contribution in [-0.2, 0) is 14.3 Å². The van der Waals surface area contributed by atoms with Gasteiger partial charge in [0, 0.05) is 6.42 Å². The first-order valence-corrected chi connectivity index (χ1v) is 34.4. The molecule has 0 aromatic carbocycles. The molecule has 1 rings (SSSR count). The summed E-state index contributed by atoms with van der Waals surface area (Å²) in [4.78, 5) is 13.1.